The second-order valence-corrected chi connectivity index (χ2v) is 9.77. The van der Waals surface area contributed by atoms with Crippen molar-refractivity contribution >= 4 is 5.97 Å². The maximum atomic E-state index is 11.3. The van der Waals surface area contributed by atoms with Gasteiger partial charge in [-0.2, -0.15) is 0 Å². The summed E-state index contributed by atoms with van der Waals surface area (Å²) in [5, 5.41) is 9.29. The number of aliphatic carboxylic acids is 1. The van der Waals surface area contributed by atoms with E-state index in [4.69, 9.17) is 14.2 Å². The van der Waals surface area contributed by atoms with Crippen LogP contribution in [0.4, 0.5) is 0 Å². The number of hydrogen-bond acceptors (Lipinski definition) is 5. The number of ether oxygens (including phenoxy) is 3. The highest BCUT2D eigenvalue weighted by Gasteiger charge is 2.18. The minimum absolute atomic E-state index is 0.331. The van der Waals surface area contributed by atoms with Gasteiger partial charge < -0.3 is 23.9 Å². The van der Waals surface area contributed by atoms with Gasteiger partial charge in [0.25, 0.3) is 0 Å². The average Bonchev–Trinajstić information content (AvgIpc) is 3.30. The van der Waals surface area contributed by atoms with Crippen molar-refractivity contribution in [1.82, 2.24) is 9.47 Å². The van der Waals surface area contributed by atoms with E-state index in [-0.39, 0.29) is 0 Å². The Bertz CT molecular complexity index is 1130. The molecule has 1 saturated heterocycles. The summed E-state index contributed by atoms with van der Waals surface area (Å²) in [5.74, 6) is 0.720. The minimum Gasteiger partial charge on any atom is -0.492 e. The summed E-state index contributed by atoms with van der Waals surface area (Å²) < 4.78 is 19.6. The molecule has 1 unspecified atom stereocenters. The van der Waals surface area contributed by atoms with Crippen molar-refractivity contribution in [3.8, 4) is 22.8 Å². The van der Waals surface area contributed by atoms with Gasteiger partial charge in [-0.05, 0) is 99.4 Å². The SMILES string of the molecule is CCOC(Cc1ccc(OCCn2c(C)ccc2-c2ccc(OCCN3CCCCC3)cc2)cc1)C(=O)O. The molecular formula is C31H40N2O5. The molecule has 0 spiro atoms. The molecule has 0 saturated carbocycles. The number of carboxylic acid groups (broad SMARTS) is 1. The smallest absolute Gasteiger partial charge is 0.333 e. The van der Waals surface area contributed by atoms with Crippen LogP contribution in [0.15, 0.2) is 60.7 Å². The van der Waals surface area contributed by atoms with Crippen LogP contribution in [0, 0.1) is 6.92 Å². The van der Waals surface area contributed by atoms with Crippen molar-refractivity contribution in [2.24, 2.45) is 0 Å². The Morgan fingerprint density at radius 1 is 0.868 bits per heavy atom. The highest BCUT2D eigenvalue weighted by atomic mass is 16.5. The number of carboxylic acids is 1. The fraction of sp³-hybridized carbons (Fsp3) is 0.452. The van der Waals surface area contributed by atoms with Gasteiger partial charge in [-0.3, -0.25) is 4.90 Å². The second kappa shape index (κ2) is 14.0. The first-order chi connectivity index (χ1) is 18.5. The fourth-order valence-corrected chi connectivity index (χ4v) is 4.93. The molecule has 1 atom stereocenters. The lowest BCUT2D eigenvalue weighted by Gasteiger charge is -2.26. The molecule has 1 aromatic heterocycles. The van der Waals surface area contributed by atoms with Gasteiger partial charge in [0, 0.05) is 31.0 Å². The molecule has 7 heteroatoms. The average molecular weight is 521 g/mol. The molecule has 7 nitrogen and oxygen atoms in total. The standard InChI is InChI=1S/C31H40N2O5/c1-3-36-30(31(34)35)23-25-8-12-27(13-9-25)38-22-20-33-24(2)7-16-29(33)26-10-14-28(15-11-26)37-21-19-32-17-5-4-6-18-32/h7-16,30H,3-6,17-23H2,1-2H3,(H,34,35). The first kappa shape index (κ1) is 27.7. The van der Waals surface area contributed by atoms with Crippen LogP contribution < -0.4 is 9.47 Å². The Kier molecular flexibility index (Phi) is 10.2. The van der Waals surface area contributed by atoms with Crippen LogP contribution in [0.5, 0.6) is 11.5 Å². The van der Waals surface area contributed by atoms with Gasteiger partial charge >= 0.3 is 5.97 Å². The molecule has 3 aromatic rings. The largest absolute Gasteiger partial charge is 0.492 e. The maximum Gasteiger partial charge on any atom is 0.333 e. The van der Waals surface area contributed by atoms with E-state index in [0.717, 1.165) is 48.0 Å². The van der Waals surface area contributed by atoms with Gasteiger partial charge in [-0.25, -0.2) is 4.79 Å². The van der Waals surface area contributed by atoms with E-state index in [0.29, 0.717) is 19.6 Å². The lowest BCUT2D eigenvalue weighted by Crippen LogP contribution is -2.33. The van der Waals surface area contributed by atoms with Gasteiger partial charge in [-0.1, -0.05) is 18.6 Å². The number of likely N-dealkylation sites (tertiary alicyclic amines) is 1. The second-order valence-electron chi connectivity index (χ2n) is 9.77. The number of nitrogens with zero attached hydrogens (tertiary/aromatic N) is 2. The van der Waals surface area contributed by atoms with E-state index < -0.39 is 12.1 Å². The summed E-state index contributed by atoms with van der Waals surface area (Å²) in [5.41, 5.74) is 4.38. The van der Waals surface area contributed by atoms with Crippen molar-refractivity contribution in [2.45, 2.75) is 52.2 Å². The molecular weight excluding hydrogens is 480 g/mol. The molecule has 204 valence electrons. The lowest BCUT2D eigenvalue weighted by atomic mass is 10.1. The monoisotopic (exact) mass is 520 g/mol. The van der Waals surface area contributed by atoms with Crippen LogP contribution in [0.3, 0.4) is 0 Å². The van der Waals surface area contributed by atoms with E-state index in [1.807, 2.05) is 24.3 Å². The van der Waals surface area contributed by atoms with Crippen molar-refractivity contribution < 1.29 is 24.1 Å². The molecule has 2 aromatic carbocycles. The van der Waals surface area contributed by atoms with E-state index in [1.54, 1.807) is 6.92 Å². The zero-order valence-electron chi connectivity index (χ0n) is 22.6. The van der Waals surface area contributed by atoms with Crippen LogP contribution in [-0.4, -0.2) is 66.1 Å². The van der Waals surface area contributed by atoms with E-state index in [2.05, 4.69) is 52.8 Å². The molecule has 0 amide bonds. The van der Waals surface area contributed by atoms with Crippen molar-refractivity contribution in [2.75, 3.05) is 39.5 Å². The molecule has 4 rings (SSSR count). The summed E-state index contributed by atoms with van der Waals surface area (Å²) in [4.78, 5) is 13.8. The first-order valence-corrected chi connectivity index (χ1v) is 13.7. The number of carbonyl (C=O) groups is 1. The summed E-state index contributed by atoms with van der Waals surface area (Å²) in [6.07, 6.45) is 3.45. The van der Waals surface area contributed by atoms with Gasteiger partial charge in [-0.15, -0.1) is 0 Å². The van der Waals surface area contributed by atoms with Gasteiger partial charge in [0.2, 0.25) is 0 Å². The topological polar surface area (TPSA) is 73.2 Å². The predicted molar refractivity (Wildman–Crippen MR) is 149 cm³/mol. The molecule has 0 radical (unpaired) electrons. The molecule has 0 aliphatic carbocycles. The third kappa shape index (κ3) is 7.85. The highest BCUT2D eigenvalue weighted by Crippen LogP contribution is 2.25. The van der Waals surface area contributed by atoms with Crippen LogP contribution in [0.25, 0.3) is 11.3 Å². The maximum absolute atomic E-state index is 11.3. The Balaban J connectivity index is 1.27. The Morgan fingerprint density at radius 3 is 2.13 bits per heavy atom. The Morgan fingerprint density at radius 2 is 1.50 bits per heavy atom. The van der Waals surface area contributed by atoms with Crippen molar-refractivity contribution in [3.05, 3.63) is 71.9 Å². The van der Waals surface area contributed by atoms with Crippen molar-refractivity contribution in [1.29, 1.82) is 0 Å². The predicted octanol–water partition coefficient (Wildman–Crippen LogP) is 5.44. The minimum atomic E-state index is -0.944. The molecule has 1 N–H and O–H groups in total. The first-order valence-electron chi connectivity index (χ1n) is 13.7. The number of aryl methyl sites for hydroxylation is 1. The summed E-state index contributed by atoms with van der Waals surface area (Å²) >= 11 is 0. The fourth-order valence-electron chi connectivity index (χ4n) is 4.93. The number of aromatic nitrogens is 1. The number of hydrogen-bond donors (Lipinski definition) is 1. The third-order valence-electron chi connectivity index (χ3n) is 7.05. The van der Waals surface area contributed by atoms with E-state index in [1.165, 1.54) is 38.0 Å². The van der Waals surface area contributed by atoms with Crippen LogP contribution in [-0.2, 0) is 22.5 Å². The summed E-state index contributed by atoms with van der Waals surface area (Å²) in [7, 11) is 0. The Hall–Kier alpha value is -3.29. The molecule has 1 fully saturated rings. The number of benzene rings is 2. The molecule has 38 heavy (non-hydrogen) atoms. The summed E-state index contributed by atoms with van der Waals surface area (Å²) in [6.45, 7) is 9.61. The van der Waals surface area contributed by atoms with Gasteiger partial charge in [0.05, 0.1) is 6.54 Å². The van der Waals surface area contributed by atoms with Crippen LogP contribution in [0.1, 0.15) is 37.4 Å². The van der Waals surface area contributed by atoms with Crippen LogP contribution >= 0.6 is 0 Å². The normalized spacial score (nSPS) is 14.8. The molecule has 0 bridgehead atoms. The lowest BCUT2D eigenvalue weighted by molar-refractivity contribution is -0.149. The van der Waals surface area contributed by atoms with Gasteiger partial charge in [0.1, 0.15) is 24.7 Å². The van der Waals surface area contributed by atoms with Crippen LogP contribution in [0.2, 0.25) is 0 Å². The number of rotatable bonds is 14. The quantitative estimate of drug-likeness (QED) is 0.305. The van der Waals surface area contributed by atoms with Crippen molar-refractivity contribution in [3.63, 3.8) is 0 Å². The number of piperidine rings is 1. The van der Waals surface area contributed by atoms with E-state index >= 15 is 0 Å². The summed E-state index contributed by atoms with van der Waals surface area (Å²) in [6, 6.07) is 20.2. The highest BCUT2D eigenvalue weighted by molar-refractivity contribution is 5.72. The molecule has 1 aliphatic heterocycles. The van der Waals surface area contributed by atoms with E-state index in [9.17, 15) is 9.90 Å². The molecule has 2 heterocycles. The Labute approximate surface area is 225 Å². The zero-order chi connectivity index (χ0) is 26.7. The molecule has 1 aliphatic rings. The van der Waals surface area contributed by atoms with Gasteiger partial charge in [0.15, 0.2) is 6.10 Å². The zero-order valence-corrected chi connectivity index (χ0v) is 22.6. The third-order valence-corrected chi connectivity index (χ3v) is 7.05.